The third-order valence-electron chi connectivity index (χ3n) is 5.57. The first-order valence-corrected chi connectivity index (χ1v) is 10.8. The summed E-state index contributed by atoms with van der Waals surface area (Å²) in [7, 11) is 0. The number of carbonyl (C=O) groups excluding carboxylic acids is 1. The summed E-state index contributed by atoms with van der Waals surface area (Å²) < 4.78 is 26.1. The van der Waals surface area contributed by atoms with Crippen molar-refractivity contribution in [2.75, 3.05) is 0 Å². The Hall–Kier alpha value is -4.43. The lowest BCUT2D eigenvalue weighted by Gasteiger charge is -2.15. The van der Waals surface area contributed by atoms with Crippen molar-refractivity contribution in [2.45, 2.75) is 20.1 Å². The molecule has 0 saturated heterocycles. The number of hydrogen-bond donors (Lipinski definition) is 0. The first-order valence-electron chi connectivity index (χ1n) is 10.8. The Morgan fingerprint density at radius 3 is 2.47 bits per heavy atom. The number of hydrogen-bond acceptors (Lipinski definition) is 4. The maximum Gasteiger partial charge on any atom is 0.153 e. The van der Waals surface area contributed by atoms with E-state index in [2.05, 4.69) is 6.07 Å². The fourth-order valence-corrected chi connectivity index (χ4v) is 3.69. The van der Waals surface area contributed by atoms with E-state index in [1.807, 2.05) is 37.3 Å². The molecule has 5 heteroatoms. The van der Waals surface area contributed by atoms with Crippen LogP contribution in [0.3, 0.4) is 0 Å². The van der Waals surface area contributed by atoms with Crippen LogP contribution in [0.2, 0.25) is 0 Å². The Kier molecular flexibility index (Phi) is 7.00. The minimum atomic E-state index is -0.268. The van der Waals surface area contributed by atoms with Gasteiger partial charge in [0.25, 0.3) is 0 Å². The quantitative estimate of drug-likeness (QED) is 0.282. The van der Waals surface area contributed by atoms with Gasteiger partial charge in [-0.15, -0.1) is 0 Å². The van der Waals surface area contributed by atoms with E-state index in [1.165, 1.54) is 6.07 Å². The zero-order chi connectivity index (χ0) is 23.9. The lowest BCUT2D eigenvalue weighted by Crippen LogP contribution is -2.02. The maximum atomic E-state index is 14.3. The number of halogens is 1. The molecule has 0 amide bonds. The number of nitriles is 1. The molecular formula is C29H22FNO3. The van der Waals surface area contributed by atoms with Crippen LogP contribution in [0.5, 0.6) is 11.5 Å². The number of rotatable bonds is 8. The molecule has 4 aromatic rings. The van der Waals surface area contributed by atoms with Gasteiger partial charge in [-0.3, -0.25) is 4.79 Å². The summed E-state index contributed by atoms with van der Waals surface area (Å²) >= 11 is 0. The molecule has 0 fully saturated rings. The van der Waals surface area contributed by atoms with Crippen LogP contribution < -0.4 is 9.47 Å². The van der Waals surface area contributed by atoms with Crippen LogP contribution in [0.1, 0.15) is 32.6 Å². The van der Waals surface area contributed by atoms with E-state index in [0.717, 1.165) is 28.5 Å². The monoisotopic (exact) mass is 451 g/mol. The van der Waals surface area contributed by atoms with E-state index in [-0.39, 0.29) is 19.0 Å². The van der Waals surface area contributed by atoms with Crippen LogP contribution in [0.25, 0.3) is 11.1 Å². The van der Waals surface area contributed by atoms with Gasteiger partial charge in [0.2, 0.25) is 0 Å². The van der Waals surface area contributed by atoms with E-state index in [1.54, 1.807) is 48.5 Å². The topological polar surface area (TPSA) is 59.3 Å². The molecule has 4 nitrogen and oxygen atoms in total. The van der Waals surface area contributed by atoms with Crippen molar-refractivity contribution >= 4 is 6.29 Å². The van der Waals surface area contributed by atoms with Crippen LogP contribution >= 0.6 is 0 Å². The summed E-state index contributed by atoms with van der Waals surface area (Å²) in [6.07, 6.45) is 0.729. The van der Waals surface area contributed by atoms with Crippen LogP contribution in [0.4, 0.5) is 4.39 Å². The van der Waals surface area contributed by atoms with Crippen LogP contribution in [0.15, 0.2) is 84.9 Å². The summed E-state index contributed by atoms with van der Waals surface area (Å²) in [5.74, 6) is 0.670. The number of nitrogens with zero attached hydrogens (tertiary/aromatic N) is 1. The van der Waals surface area contributed by atoms with Gasteiger partial charge in [0, 0.05) is 11.6 Å². The molecule has 168 valence electrons. The molecule has 0 heterocycles. The van der Waals surface area contributed by atoms with Gasteiger partial charge >= 0.3 is 0 Å². The standard InChI is InChI=1S/C29H22FNO3/c1-20-24(8-5-10-26(20)27-9-2-3-11-28(27)30)19-33-25-13-12-23(17-32)29(15-25)34-18-22-7-4-6-21(14-22)16-31/h2-15,17H,18-19H2,1H3. The Morgan fingerprint density at radius 1 is 0.882 bits per heavy atom. The molecular weight excluding hydrogens is 429 g/mol. The summed E-state index contributed by atoms with van der Waals surface area (Å²) in [4.78, 5) is 11.5. The van der Waals surface area contributed by atoms with Crippen molar-refractivity contribution in [3.8, 4) is 28.7 Å². The lowest BCUT2D eigenvalue weighted by atomic mass is 9.96. The summed E-state index contributed by atoms with van der Waals surface area (Å²) in [5.41, 5.74) is 5.00. The Bertz CT molecular complexity index is 1370. The fraction of sp³-hybridized carbons (Fsp3) is 0.103. The zero-order valence-corrected chi connectivity index (χ0v) is 18.6. The highest BCUT2D eigenvalue weighted by Gasteiger charge is 2.11. The molecule has 0 aromatic heterocycles. The fourth-order valence-electron chi connectivity index (χ4n) is 3.69. The maximum absolute atomic E-state index is 14.3. The lowest BCUT2D eigenvalue weighted by molar-refractivity contribution is 0.111. The zero-order valence-electron chi connectivity index (χ0n) is 18.6. The molecule has 0 aliphatic heterocycles. The highest BCUT2D eigenvalue weighted by Crippen LogP contribution is 2.30. The molecule has 34 heavy (non-hydrogen) atoms. The molecule has 4 rings (SSSR count). The van der Waals surface area contributed by atoms with Crippen molar-refractivity contribution in [2.24, 2.45) is 0 Å². The van der Waals surface area contributed by atoms with Crippen molar-refractivity contribution < 1.29 is 18.7 Å². The summed E-state index contributed by atoms with van der Waals surface area (Å²) in [6, 6.07) is 26.6. The van der Waals surface area contributed by atoms with Crippen LogP contribution in [0, 0.1) is 24.1 Å². The predicted octanol–water partition coefficient (Wildman–Crippen LogP) is 6.64. The molecule has 0 bridgehead atoms. The van der Waals surface area contributed by atoms with Crippen molar-refractivity contribution in [1.29, 1.82) is 5.26 Å². The minimum absolute atomic E-state index is 0.212. The second-order valence-electron chi connectivity index (χ2n) is 7.78. The van der Waals surface area contributed by atoms with E-state index in [9.17, 15) is 9.18 Å². The van der Waals surface area contributed by atoms with Gasteiger partial charge in [-0.2, -0.15) is 5.26 Å². The molecule has 0 aliphatic rings. The van der Waals surface area contributed by atoms with Crippen molar-refractivity contribution in [3.05, 3.63) is 119 Å². The molecule has 0 atom stereocenters. The average Bonchev–Trinajstić information content (AvgIpc) is 2.87. The van der Waals surface area contributed by atoms with Gasteiger partial charge in [0.05, 0.1) is 17.2 Å². The highest BCUT2D eigenvalue weighted by atomic mass is 19.1. The van der Waals surface area contributed by atoms with E-state index < -0.39 is 0 Å². The Labute approximate surface area is 197 Å². The molecule has 0 saturated carbocycles. The normalized spacial score (nSPS) is 10.4. The molecule has 4 aromatic carbocycles. The first kappa shape index (κ1) is 22.8. The Balaban J connectivity index is 1.51. The third kappa shape index (κ3) is 5.13. The van der Waals surface area contributed by atoms with Crippen LogP contribution in [-0.2, 0) is 13.2 Å². The second kappa shape index (κ2) is 10.5. The second-order valence-corrected chi connectivity index (χ2v) is 7.78. The largest absolute Gasteiger partial charge is 0.489 e. The molecule has 0 N–H and O–H groups in total. The van der Waals surface area contributed by atoms with Gasteiger partial charge in [-0.25, -0.2) is 4.39 Å². The Morgan fingerprint density at radius 2 is 1.68 bits per heavy atom. The molecule has 0 spiro atoms. The van der Waals surface area contributed by atoms with Gasteiger partial charge < -0.3 is 9.47 Å². The smallest absolute Gasteiger partial charge is 0.153 e. The van der Waals surface area contributed by atoms with Crippen molar-refractivity contribution in [1.82, 2.24) is 0 Å². The van der Waals surface area contributed by atoms with Crippen molar-refractivity contribution in [3.63, 3.8) is 0 Å². The summed E-state index contributed by atoms with van der Waals surface area (Å²) in [6.45, 7) is 2.43. The first-order chi connectivity index (χ1) is 16.6. The number of carbonyl (C=O) groups is 1. The summed E-state index contributed by atoms with van der Waals surface area (Å²) in [5, 5.41) is 9.06. The predicted molar refractivity (Wildman–Crippen MR) is 128 cm³/mol. The minimum Gasteiger partial charge on any atom is -0.489 e. The van der Waals surface area contributed by atoms with Gasteiger partial charge in [-0.1, -0.05) is 48.5 Å². The van der Waals surface area contributed by atoms with Gasteiger partial charge in [0.1, 0.15) is 30.5 Å². The average molecular weight is 451 g/mol. The third-order valence-corrected chi connectivity index (χ3v) is 5.57. The molecule has 0 unspecified atom stereocenters. The van der Waals surface area contributed by atoms with E-state index >= 15 is 0 Å². The highest BCUT2D eigenvalue weighted by molar-refractivity contribution is 5.79. The van der Waals surface area contributed by atoms with E-state index in [4.69, 9.17) is 14.7 Å². The molecule has 0 aliphatic carbocycles. The van der Waals surface area contributed by atoms with Crippen LogP contribution in [-0.4, -0.2) is 6.29 Å². The van der Waals surface area contributed by atoms with Gasteiger partial charge in [0.15, 0.2) is 6.29 Å². The number of benzene rings is 4. The number of ether oxygens (including phenoxy) is 2. The van der Waals surface area contributed by atoms with E-state index in [0.29, 0.717) is 28.2 Å². The van der Waals surface area contributed by atoms with Gasteiger partial charge in [-0.05, 0) is 59.5 Å². The molecule has 0 radical (unpaired) electrons. The number of aldehydes is 1. The SMILES string of the molecule is Cc1c(COc2ccc(C=O)c(OCc3cccc(C#N)c3)c2)cccc1-c1ccccc1F.